The van der Waals surface area contributed by atoms with Gasteiger partial charge in [0, 0.05) is 0 Å². The number of rotatable bonds is 2. The standard InChI is InChI=1S/C18H16F6O/c1-10-4-5-13(8-11(10)2)16(17(19,20)21,18(22,23)24)14-6-7-15(25)12(3)9-14/h4-9,25H,1-3H3. The van der Waals surface area contributed by atoms with Gasteiger partial charge >= 0.3 is 12.4 Å². The summed E-state index contributed by atoms with van der Waals surface area (Å²) in [6.45, 7) is 4.31. The molecule has 1 N–H and O–H groups in total. The third-order valence-electron chi connectivity index (χ3n) is 4.42. The van der Waals surface area contributed by atoms with Gasteiger partial charge in [-0.05, 0) is 54.7 Å². The molecule has 2 aromatic rings. The summed E-state index contributed by atoms with van der Waals surface area (Å²) in [6.07, 6.45) is -11.3. The Balaban J connectivity index is 2.96. The van der Waals surface area contributed by atoms with Crippen molar-refractivity contribution in [3.63, 3.8) is 0 Å². The minimum Gasteiger partial charge on any atom is -0.508 e. The Morgan fingerprint density at radius 3 is 1.48 bits per heavy atom. The monoisotopic (exact) mass is 362 g/mol. The second-order valence-electron chi connectivity index (χ2n) is 6.05. The maximum Gasteiger partial charge on any atom is 0.411 e. The molecule has 1 nitrogen and oxygen atoms in total. The lowest BCUT2D eigenvalue weighted by Gasteiger charge is -2.38. The number of hydrogen-bond donors (Lipinski definition) is 1. The molecule has 0 atom stereocenters. The molecule has 0 bridgehead atoms. The van der Waals surface area contributed by atoms with Crippen LogP contribution in [0, 0.1) is 20.8 Å². The molecular formula is C18H16F6O. The minimum absolute atomic E-state index is 0.0702. The average Bonchev–Trinajstić information content (AvgIpc) is 2.44. The Morgan fingerprint density at radius 2 is 1.08 bits per heavy atom. The molecule has 2 rings (SSSR count). The van der Waals surface area contributed by atoms with Crippen molar-refractivity contribution in [2.24, 2.45) is 0 Å². The Hall–Kier alpha value is -2.18. The minimum atomic E-state index is -5.63. The lowest BCUT2D eigenvalue weighted by Crippen LogP contribution is -2.54. The fourth-order valence-corrected chi connectivity index (χ4v) is 2.85. The quantitative estimate of drug-likeness (QED) is 0.677. The van der Waals surface area contributed by atoms with E-state index in [2.05, 4.69) is 0 Å². The molecule has 136 valence electrons. The van der Waals surface area contributed by atoms with Crippen LogP contribution in [0.3, 0.4) is 0 Å². The van der Waals surface area contributed by atoms with Gasteiger partial charge in [0.25, 0.3) is 0 Å². The zero-order valence-corrected chi connectivity index (χ0v) is 13.7. The van der Waals surface area contributed by atoms with Crippen molar-refractivity contribution in [3.05, 3.63) is 64.2 Å². The highest BCUT2D eigenvalue weighted by Crippen LogP contribution is 2.56. The van der Waals surface area contributed by atoms with Crippen LogP contribution in [0.1, 0.15) is 27.8 Å². The molecule has 2 aromatic carbocycles. The summed E-state index contributed by atoms with van der Waals surface area (Å²) < 4.78 is 83.5. The van der Waals surface area contributed by atoms with E-state index in [1.165, 1.54) is 19.9 Å². The highest BCUT2D eigenvalue weighted by molar-refractivity contribution is 5.49. The highest BCUT2D eigenvalue weighted by atomic mass is 19.4. The summed E-state index contributed by atoms with van der Waals surface area (Å²) in [7, 11) is 0. The lowest BCUT2D eigenvalue weighted by molar-refractivity contribution is -0.288. The molecule has 0 aliphatic heterocycles. The molecule has 0 unspecified atom stereocenters. The Labute approximate surface area is 140 Å². The van der Waals surface area contributed by atoms with E-state index in [4.69, 9.17) is 0 Å². The van der Waals surface area contributed by atoms with Crippen molar-refractivity contribution in [3.8, 4) is 5.75 Å². The van der Waals surface area contributed by atoms with Crippen molar-refractivity contribution < 1.29 is 31.4 Å². The first-order valence-electron chi connectivity index (χ1n) is 7.33. The number of halogens is 6. The van der Waals surface area contributed by atoms with Gasteiger partial charge in [-0.3, -0.25) is 0 Å². The summed E-state index contributed by atoms with van der Waals surface area (Å²) >= 11 is 0. The molecule has 7 heteroatoms. The molecule has 0 saturated carbocycles. The van der Waals surface area contributed by atoms with Gasteiger partial charge in [-0.25, -0.2) is 0 Å². The maximum absolute atomic E-state index is 13.9. The second kappa shape index (κ2) is 5.97. The van der Waals surface area contributed by atoms with Crippen LogP contribution < -0.4 is 0 Å². The summed E-state index contributed by atoms with van der Waals surface area (Å²) in [6, 6.07) is 5.25. The zero-order valence-electron chi connectivity index (χ0n) is 13.7. The first-order valence-corrected chi connectivity index (χ1v) is 7.33. The molecule has 0 fully saturated rings. The number of benzene rings is 2. The van der Waals surface area contributed by atoms with E-state index in [9.17, 15) is 31.4 Å². The fourth-order valence-electron chi connectivity index (χ4n) is 2.85. The van der Waals surface area contributed by atoms with Crippen LogP contribution in [0.15, 0.2) is 36.4 Å². The van der Waals surface area contributed by atoms with Gasteiger partial charge in [-0.15, -0.1) is 0 Å². The normalized spacial score (nSPS) is 13.2. The number of aryl methyl sites for hydroxylation is 3. The van der Waals surface area contributed by atoms with Crippen LogP contribution in [0.2, 0.25) is 0 Å². The lowest BCUT2D eigenvalue weighted by atomic mass is 9.72. The van der Waals surface area contributed by atoms with Crippen molar-refractivity contribution in [1.29, 1.82) is 0 Å². The predicted molar refractivity (Wildman–Crippen MR) is 81.6 cm³/mol. The van der Waals surface area contributed by atoms with Crippen LogP contribution in [0.5, 0.6) is 5.75 Å². The third-order valence-corrected chi connectivity index (χ3v) is 4.42. The zero-order chi connectivity index (χ0) is 19.2. The smallest absolute Gasteiger partial charge is 0.411 e. The molecular weight excluding hydrogens is 346 g/mol. The van der Waals surface area contributed by atoms with Gasteiger partial charge in [0.2, 0.25) is 5.41 Å². The van der Waals surface area contributed by atoms with E-state index >= 15 is 0 Å². The molecule has 0 heterocycles. The summed E-state index contributed by atoms with van der Waals surface area (Å²) in [4.78, 5) is 0. The number of aromatic hydroxyl groups is 1. The number of phenols is 1. The summed E-state index contributed by atoms with van der Waals surface area (Å²) in [5.74, 6) is -0.373. The molecule has 0 spiro atoms. The van der Waals surface area contributed by atoms with Gasteiger partial charge in [-0.1, -0.05) is 30.3 Å². The summed E-state index contributed by atoms with van der Waals surface area (Å²) in [5, 5.41) is 9.50. The SMILES string of the molecule is Cc1ccc(C(c2ccc(O)c(C)c2)(C(F)(F)F)C(F)(F)F)cc1C. The van der Waals surface area contributed by atoms with E-state index in [1.54, 1.807) is 6.92 Å². The van der Waals surface area contributed by atoms with Crippen molar-refractivity contribution in [2.45, 2.75) is 38.5 Å². The first kappa shape index (κ1) is 19.1. The van der Waals surface area contributed by atoms with E-state index in [0.29, 0.717) is 17.2 Å². The van der Waals surface area contributed by atoms with Crippen molar-refractivity contribution >= 4 is 0 Å². The average molecular weight is 362 g/mol. The number of hydrogen-bond acceptors (Lipinski definition) is 1. The highest BCUT2D eigenvalue weighted by Gasteiger charge is 2.72. The molecule has 25 heavy (non-hydrogen) atoms. The van der Waals surface area contributed by atoms with Crippen molar-refractivity contribution in [2.75, 3.05) is 0 Å². The van der Waals surface area contributed by atoms with E-state index < -0.39 is 28.9 Å². The molecule has 0 saturated heterocycles. The number of phenolic OH excluding ortho intramolecular Hbond substituents is 1. The van der Waals surface area contributed by atoms with Crippen molar-refractivity contribution in [1.82, 2.24) is 0 Å². The molecule has 0 aliphatic carbocycles. The second-order valence-corrected chi connectivity index (χ2v) is 6.05. The van der Waals surface area contributed by atoms with E-state index in [-0.39, 0.29) is 11.3 Å². The fraction of sp³-hybridized carbons (Fsp3) is 0.333. The molecule has 0 amide bonds. The Morgan fingerprint density at radius 1 is 0.640 bits per heavy atom. The van der Waals surface area contributed by atoms with E-state index in [1.807, 2.05) is 0 Å². The first-order chi connectivity index (χ1) is 11.3. The van der Waals surface area contributed by atoms with Gasteiger partial charge in [0.05, 0.1) is 0 Å². The van der Waals surface area contributed by atoms with Gasteiger partial charge < -0.3 is 5.11 Å². The maximum atomic E-state index is 13.9. The topological polar surface area (TPSA) is 20.2 Å². The van der Waals surface area contributed by atoms with Crippen LogP contribution in [0.4, 0.5) is 26.3 Å². The van der Waals surface area contributed by atoms with Gasteiger partial charge in [0.15, 0.2) is 0 Å². The van der Waals surface area contributed by atoms with Crippen LogP contribution in [0.25, 0.3) is 0 Å². The van der Waals surface area contributed by atoms with Crippen LogP contribution in [-0.2, 0) is 5.41 Å². The summed E-state index contributed by atoms with van der Waals surface area (Å²) in [5.41, 5.74) is -5.22. The predicted octanol–water partition coefficient (Wildman–Crippen LogP) is 5.73. The Kier molecular flexibility index (Phi) is 4.57. The van der Waals surface area contributed by atoms with Gasteiger partial charge in [0.1, 0.15) is 5.75 Å². The Bertz CT molecular complexity index is 722. The third kappa shape index (κ3) is 2.96. The van der Waals surface area contributed by atoms with E-state index in [0.717, 1.165) is 24.3 Å². The van der Waals surface area contributed by atoms with Crippen LogP contribution >= 0.6 is 0 Å². The van der Waals surface area contributed by atoms with Gasteiger partial charge in [-0.2, -0.15) is 26.3 Å². The molecule has 0 aromatic heterocycles. The number of alkyl halides is 6. The largest absolute Gasteiger partial charge is 0.508 e. The molecule has 0 aliphatic rings. The molecule has 0 radical (unpaired) electrons. The van der Waals surface area contributed by atoms with Crippen LogP contribution in [-0.4, -0.2) is 17.5 Å².